The van der Waals surface area contributed by atoms with Crippen molar-refractivity contribution in [1.82, 2.24) is 29.5 Å². The topological polar surface area (TPSA) is 165 Å². The van der Waals surface area contributed by atoms with E-state index in [-0.39, 0.29) is 35.3 Å². The minimum atomic E-state index is -0.833. The standard InChI is InChI=1S/C20H27N7O3.C2H4O2/c1-13(21)20(30)26-9-14-7-15(10-26)17(27-16(14)3-2-4-19(27)29)8-22-18(28)5-6-25-11-23-24-12-25;1-2(3)4/h2-4,11-15,17H,5-10,21H2,1H3,(H,22,28);1H3,(H,3,4)/t13-,14-,15+,17+;/m1./s1. The predicted octanol–water partition coefficient (Wildman–Crippen LogP) is -0.429. The van der Waals surface area contributed by atoms with Crippen LogP contribution in [0.5, 0.6) is 0 Å². The zero-order valence-electron chi connectivity index (χ0n) is 19.3. The average Bonchev–Trinajstić information content (AvgIpc) is 3.30. The van der Waals surface area contributed by atoms with Gasteiger partial charge in [0.2, 0.25) is 11.8 Å². The van der Waals surface area contributed by atoms with Crippen molar-refractivity contribution < 1.29 is 19.5 Å². The van der Waals surface area contributed by atoms with Crippen molar-refractivity contribution in [2.24, 2.45) is 11.7 Å². The van der Waals surface area contributed by atoms with Crippen LogP contribution < -0.4 is 16.6 Å². The monoisotopic (exact) mass is 473 g/mol. The number of nitrogens with two attached hydrogens (primary N) is 1. The van der Waals surface area contributed by atoms with Crippen molar-refractivity contribution in [2.75, 3.05) is 19.6 Å². The normalized spacial score (nSPS) is 21.5. The van der Waals surface area contributed by atoms with Crippen LogP contribution >= 0.6 is 0 Å². The number of nitrogens with zero attached hydrogens (tertiary/aromatic N) is 5. The molecule has 4 N–H and O–H groups in total. The number of rotatable bonds is 6. The summed E-state index contributed by atoms with van der Waals surface area (Å²) in [6, 6.07) is 4.50. The Bertz CT molecular complexity index is 1060. The first-order valence-electron chi connectivity index (χ1n) is 11.2. The second-order valence-electron chi connectivity index (χ2n) is 8.72. The first-order valence-corrected chi connectivity index (χ1v) is 11.2. The number of aromatic nitrogens is 4. The van der Waals surface area contributed by atoms with E-state index in [1.54, 1.807) is 36.3 Å². The lowest BCUT2D eigenvalue weighted by Gasteiger charge is -2.47. The number of fused-ring (bicyclic) bond motifs is 4. The first-order chi connectivity index (χ1) is 16.2. The molecule has 0 aliphatic carbocycles. The molecule has 4 atom stereocenters. The Morgan fingerprint density at radius 2 is 1.91 bits per heavy atom. The van der Waals surface area contributed by atoms with Crippen molar-refractivity contribution in [3.63, 3.8) is 0 Å². The van der Waals surface area contributed by atoms with Gasteiger partial charge in [-0.15, -0.1) is 10.2 Å². The summed E-state index contributed by atoms with van der Waals surface area (Å²) in [5.41, 5.74) is 6.68. The van der Waals surface area contributed by atoms with E-state index in [0.29, 0.717) is 32.6 Å². The molecule has 1 fully saturated rings. The number of nitrogens with one attached hydrogen (secondary N) is 1. The zero-order chi connectivity index (χ0) is 24.8. The van der Waals surface area contributed by atoms with Gasteiger partial charge in [0.1, 0.15) is 12.7 Å². The Morgan fingerprint density at radius 1 is 1.24 bits per heavy atom. The molecule has 2 aromatic heterocycles. The van der Waals surface area contributed by atoms with E-state index in [4.69, 9.17) is 15.6 Å². The van der Waals surface area contributed by atoms with E-state index < -0.39 is 12.0 Å². The molecule has 2 aliphatic rings. The maximum Gasteiger partial charge on any atom is 0.300 e. The number of piperidine rings is 1. The third kappa shape index (κ3) is 6.07. The maximum absolute atomic E-state index is 12.7. The Hall–Kier alpha value is -3.54. The molecule has 0 spiro atoms. The zero-order valence-corrected chi connectivity index (χ0v) is 19.3. The van der Waals surface area contributed by atoms with Crippen LogP contribution in [0.2, 0.25) is 0 Å². The number of carboxylic acid groups (broad SMARTS) is 1. The van der Waals surface area contributed by atoms with E-state index >= 15 is 0 Å². The summed E-state index contributed by atoms with van der Waals surface area (Å²) in [4.78, 5) is 48.4. The van der Waals surface area contributed by atoms with E-state index in [1.807, 2.05) is 15.5 Å². The molecule has 4 rings (SSSR count). The van der Waals surface area contributed by atoms with Crippen molar-refractivity contribution in [1.29, 1.82) is 0 Å². The van der Waals surface area contributed by atoms with Gasteiger partial charge in [-0.2, -0.15) is 0 Å². The minimum Gasteiger partial charge on any atom is -0.481 e. The summed E-state index contributed by atoms with van der Waals surface area (Å²) in [5.74, 6) is -0.831. The smallest absolute Gasteiger partial charge is 0.300 e. The van der Waals surface area contributed by atoms with Gasteiger partial charge >= 0.3 is 0 Å². The van der Waals surface area contributed by atoms with E-state index in [1.165, 1.54) is 0 Å². The highest BCUT2D eigenvalue weighted by Gasteiger charge is 2.42. The molecule has 0 radical (unpaired) electrons. The second kappa shape index (κ2) is 11.1. The summed E-state index contributed by atoms with van der Waals surface area (Å²) in [6.45, 7) is 4.72. The van der Waals surface area contributed by atoms with Crippen LogP contribution in [0.1, 0.15) is 44.3 Å². The summed E-state index contributed by atoms with van der Waals surface area (Å²) in [7, 11) is 0. The van der Waals surface area contributed by atoms with Crippen LogP contribution in [-0.2, 0) is 20.9 Å². The third-order valence-corrected chi connectivity index (χ3v) is 6.07. The van der Waals surface area contributed by atoms with Crippen LogP contribution in [0.15, 0.2) is 35.6 Å². The average molecular weight is 474 g/mol. The van der Waals surface area contributed by atoms with Crippen molar-refractivity contribution in [3.8, 4) is 0 Å². The lowest BCUT2D eigenvalue weighted by molar-refractivity contribution is -0.136. The molecule has 2 aromatic rings. The summed E-state index contributed by atoms with van der Waals surface area (Å²) < 4.78 is 3.55. The molecule has 0 unspecified atom stereocenters. The molecule has 0 saturated carbocycles. The van der Waals surface area contributed by atoms with Gasteiger partial charge in [-0.1, -0.05) is 6.07 Å². The lowest BCUT2D eigenvalue weighted by Crippen LogP contribution is -2.55. The molecular weight excluding hydrogens is 442 g/mol. The summed E-state index contributed by atoms with van der Waals surface area (Å²) in [6.07, 6.45) is 4.31. The van der Waals surface area contributed by atoms with Gasteiger partial charge in [-0.05, 0) is 25.3 Å². The van der Waals surface area contributed by atoms with Crippen molar-refractivity contribution in [3.05, 3.63) is 46.9 Å². The van der Waals surface area contributed by atoms with Crippen LogP contribution in [0.3, 0.4) is 0 Å². The highest BCUT2D eigenvalue weighted by molar-refractivity contribution is 5.81. The van der Waals surface area contributed by atoms with Gasteiger partial charge in [0.05, 0.1) is 12.1 Å². The summed E-state index contributed by atoms with van der Waals surface area (Å²) >= 11 is 0. The molecule has 1 saturated heterocycles. The van der Waals surface area contributed by atoms with E-state index in [2.05, 4.69) is 15.5 Å². The molecule has 34 heavy (non-hydrogen) atoms. The van der Waals surface area contributed by atoms with E-state index in [9.17, 15) is 14.4 Å². The highest BCUT2D eigenvalue weighted by Crippen LogP contribution is 2.40. The lowest BCUT2D eigenvalue weighted by atomic mass is 9.78. The summed E-state index contributed by atoms with van der Waals surface area (Å²) in [5, 5.41) is 17.8. The maximum atomic E-state index is 12.7. The highest BCUT2D eigenvalue weighted by atomic mass is 16.4. The quantitative estimate of drug-likeness (QED) is 0.508. The molecule has 2 amide bonds. The molecule has 0 aromatic carbocycles. The molecular formula is C22H31N7O5. The number of carboxylic acids is 1. The van der Waals surface area contributed by atoms with Crippen LogP contribution in [0, 0.1) is 5.92 Å². The number of hydrogen-bond donors (Lipinski definition) is 3. The number of aliphatic carboxylic acids is 1. The molecule has 12 nitrogen and oxygen atoms in total. The third-order valence-electron chi connectivity index (χ3n) is 6.07. The predicted molar refractivity (Wildman–Crippen MR) is 122 cm³/mol. The van der Waals surface area contributed by atoms with Gasteiger partial charge in [0.15, 0.2) is 0 Å². The number of aryl methyl sites for hydroxylation is 1. The fraction of sp³-hybridized carbons (Fsp3) is 0.545. The minimum absolute atomic E-state index is 0.0714. The number of pyridine rings is 1. The van der Waals surface area contributed by atoms with Crippen LogP contribution in [0.4, 0.5) is 0 Å². The van der Waals surface area contributed by atoms with Crippen molar-refractivity contribution in [2.45, 2.75) is 51.2 Å². The fourth-order valence-electron chi connectivity index (χ4n) is 4.65. The van der Waals surface area contributed by atoms with Gasteiger partial charge < -0.3 is 30.2 Å². The van der Waals surface area contributed by atoms with Gasteiger partial charge in [-0.25, -0.2) is 0 Å². The van der Waals surface area contributed by atoms with Crippen molar-refractivity contribution >= 4 is 17.8 Å². The molecule has 184 valence electrons. The number of amides is 2. The van der Waals surface area contributed by atoms with Crippen LogP contribution in [0.25, 0.3) is 0 Å². The van der Waals surface area contributed by atoms with E-state index in [0.717, 1.165) is 19.0 Å². The number of likely N-dealkylation sites (tertiary alicyclic amines) is 1. The Kier molecular flexibility index (Phi) is 8.16. The second-order valence-corrected chi connectivity index (χ2v) is 8.72. The largest absolute Gasteiger partial charge is 0.481 e. The number of carbonyl (C=O) groups excluding carboxylic acids is 2. The van der Waals surface area contributed by atoms with Gasteiger partial charge in [0, 0.05) is 57.2 Å². The fourth-order valence-corrected chi connectivity index (χ4v) is 4.65. The molecule has 2 bridgehead atoms. The molecule has 4 heterocycles. The first kappa shape index (κ1) is 25.1. The number of hydrogen-bond acceptors (Lipinski definition) is 7. The van der Waals surface area contributed by atoms with Gasteiger partial charge in [-0.3, -0.25) is 19.2 Å². The molecule has 12 heteroatoms. The Labute approximate surface area is 196 Å². The van der Waals surface area contributed by atoms with Gasteiger partial charge in [0.25, 0.3) is 11.5 Å². The Morgan fingerprint density at radius 3 is 2.56 bits per heavy atom. The Balaban J connectivity index is 0.000000751. The molecule has 2 aliphatic heterocycles. The SMILES string of the molecule is CC(=O)O.C[C@@H](N)C(=O)N1C[C@H]2C[C@@H](C1)[C@H](CNC(=O)CCn1cnnc1)n1c2cccc1=O. The number of carbonyl (C=O) groups is 3. The van der Waals surface area contributed by atoms with Crippen LogP contribution in [-0.4, -0.2) is 72.8 Å².